The number of hydrogen-bond donors (Lipinski definition) is 0. The molecule has 0 unspecified atom stereocenters. The van der Waals surface area contributed by atoms with Crippen molar-refractivity contribution in [1.82, 2.24) is 14.4 Å². The van der Waals surface area contributed by atoms with Crippen LogP contribution in [0.15, 0.2) is 83.1 Å². The average Bonchev–Trinajstić information content (AvgIpc) is 3.29. The average molecular weight is 489 g/mol. The number of aryl methyl sites for hydroxylation is 1. The number of aromatic nitrogens is 3. The Hall–Kier alpha value is -3.73. The number of ketones is 1. The second kappa shape index (κ2) is 9.26. The number of carbonyl (C=O) groups is 1. The van der Waals surface area contributed by atoms with Crippen molar-refractivity contribution in [3.8, 4) is 5.75 Å². The highest BCUT2D eigenvalue weighted by atomic mass is 32.2. The number of imidazole rings is 1. The summed E-state index contributed by atoms with van der Waals surface area (Å²) in [6, 6.07) is 10.9. The summed E-state index contributed by atoms with van der Waals surface area (Å²) in [4.78, 5) is 20.4. The van der Waals surface area contributed by atoms with E-state index in [1.807, 2.05) is 0 Å². The van der Waals surface area contributed by atoms with Crippen LogP contribution in [0.2, 0.25) is 0 Å². The largest absolute Gasteiger partial charge is 0.484 e. The molecule has 2 heterocycles. The van der Waals surface area contributed by atoms with E-state index in [9.17, 15) is 26.4 Å². The number of ether oxygens (including phenoxy) is 1. The highest BCUT2D eigenvalue weighted by Gasteiger charge is 2.28. The molecule has 7 nitrogen and oxygen atoms in total. The van der Waals surface area contributed by atoms with Gasteiger partial charge in [0.05, 0.1) is 15.4 Å². The molecule has 0 aliphatic heterocycles. The van der Waals surface area contributed by atoms with Crippen LogP contribution < -0.4 is 4.74 Å². The van der Waals surface area contributed by atoms with Gasteiger partial charge in [-0.15, -0.1) is 0 Å². The van der Waals surface area contributed by atoms with Crippen molar-refractivity contribution in [3.63, 3.8) is 0 Å². The molecule has 0 N–H and O–H groups in total. The smallest absolute Gasteiger partial charge is 0.422 e. The standard InChI is InChI=1S/C23H18F3N3O4S/c24-23(25,26)15-33-18-2-1-3-20(12-18)34(31,32)19-7-4-16(5-8-19)6-9-21(30)17-13-28-22-27-10-11-29(22)14-17/h1-5,7-8,10-14H,6,9,15H2. The number of alkyl halides is 3. The quantitative estimate of drug-likeness (QED) is 0.343. The lowest BCUT2D eigenvalue weighted by Crippen LogP contribution is -2.19. The molecule has 4 rings (SSSR count). The van der Waals surface area contributed by atoms with Crippen LogP contribution in [0, 0.1) is 0 Å². The third-order valence-electron chi connectivity index (χ3n) is 4.96. The third-order valence-corrected chi connectivity index (χ3v) is 6.73. The number of benzene rings is 2. The molecule has 4 aromatic rings. The fourth-order valence-electron chi connectivity index (χ4n) is 3.23. The molecule has 0 bridgehead atoms. The number of nitrogens with zero attached hydrogens (tertiary/aromatic N) is 3. The van der Waals surface area contributed by atoms with Gasteiger partial charge in [-0.1, -0.05) is 18.2 Å². The zero-order valence-corrected chi connectivity index (χ0v) is 18.4. The number of Topliss-reactive ketones (excluding diaryl/α,β-unsaturated/α-hetero) is 1. The fourth-order valence-corrected chi connectivity index (χ4v) is 4.53. The molecule has 11 heteroatoms. The molecule has 0 spiro atoms. The highest BCUT2D eigenvalue weighted by molar-refractivity contribution is 7.91. The van der Waals surface area contributed by atoms with Gasteiger partial charge in [-0.05, 0) is 42.3 Å². The molecule has 0 saturated heterocycles. The first-order valence-electron chi connectivity index (χ1n) is 10.1. The molecule has 2 aromatic carbocycles. The van der Waals surface area contributed by atoms with Crippen LogP contribution in [0.5, 0.6) is 5.75 Å². The molecule has 0 aliphatic rings. The Labute approximate surface area is 192 Å². The van der Waals surface area contributed by atoms with Crippen LogP contribution in [0.4, 0.5) is 13.2 Å². The van der Waals surface area contributed by atoms with Gasteiger partial charge in [0.2, 0.25) is 15.6 Å². The van der Waals surface area contributed by atoms with E-state index < -0.39 is 22.6 Å². The highest BCUT2D eigenvalue weighted by Crippen LogP contribution is 2.26. The van der Waals surface area contributed by atoms with Gasteiger partial charge in [-0.2, -0.15) is 13.2 Å². The SMILES string of the molecule is O=C(CCc1ccc(S(=O)(=O)c2cccc(OCC(F)(F)F)c2)cc1)c1cnc2nccn2c1. The topological polar surface area (TPSA) is 90.6 Å². The molecule has 0 fully saturated rings. The van der Waals surface area contributed by atoms with E-state index in [1.165, 1.54) is 36.5 Å². The molecule has 34 heavy (non-hydrogen) atoms. The second-order valence-corrected chi connectivity index (χ2v) is 9.38. The minimum atomic E-state index is -4.53. The minimum absolute atomic E-state index is 0.0229. The summed E-state index contributed by atoms with van der Waals surface area (Å²) in [5.74, 6) is 0.179. The van der Waals surface area contributed by atoms with Crippen molar-refractivity contribution in [3.05, 3.63) is 84.4 Å². The Balaban J connectivity index is 1.42. The Morgan fingerprint density at radius 1 is 1.03 bits per heavy atom. The van der Waals surface area contributed by atoms with E-state index in [-0.39, 0.29) is 27.7 Å². The Bertz CT molecular complexity index is 1430. The van der Waals surface area contributed by atoms with Crippen LogP contribution >= 0.6 is 0 Å². The molecular weight excluding hydrogens is 471 g/mol. The zero-order valence-electron chi connectivity index (χ0n) is 17.6. The van der Waals surface area contributed by atoms with Gasteiger partial charge in [0.1, 0.15) is 5.75 Å². The summed E-state index contributed by atoms with van der Waals surface area (Å²) in [7, 11) is -3.97. The molecule has 0 aliphatic carbocycles. The molecule has 2 aromatic heterocycles. The van der Waals surface area contributed by atoms with Gasteiger partial charge in [0.15, 0.2) is 12.4 Å². The summed E-state index contributed by atoms with van der Waals surface area (Å²) in [6.07, 6.45) is 2.45. The predicted octanol–water partition coefficient (Wildman–Crippen LogP) is 4.32. The van der Waals surface area contributed by atoms with Crippen LogP contribution in [0.3, 0.4) is 0 Å². The third kappa shape index (κ3) is 5.42. The Morgan fingerprint density at radius 2 is 1.79 bits per heavy atom. The van der Waals surface area contributed by atoms with Gasteiger partial charge < -0.3 is 4.74 Å². The first-order chi connectivity index (χ1) is 16.1. The summed E-state index contributed by atoms with van der Waals surface area (Å²) in [6.45, 7) is -1.52. The van der Waals surface area contributed by atoms with Gasteiger partial charge in [-0.25, -0.2) is 18.4 Å². The van der Waals surface area contributed by atoms with Crippen molar-refractivity contribution < 1.29 is 31.1 Å². The van der Waals surface area contributed by atoms with Crippen LogP contribution in [0.1, 0.15) is 22.3 Å². The maximum atomic E-state index is 12.9. The number of halogens is 3. The van der Waals surface area contributed by atoms with E-state index >= 15 is 0 Å². The maximum Gasteiger partial charge on any atom is 0.422 e. The van der Waals surface area contributed by atoms with Crippen molar-refractivity contribution in [2.75, 3.05) is 6.61 Å². The van der Waals surface area contributed by atoms with Crippen molar-refractivity contribution in [2.24, 2.45) is 0 Å². The van der Waals surface area contributed by atoms with Crippen LogP contribution in [-0.2, 0) is 16.3 Å². The van der Waals surface area contributed by atoms with Gasteiger partial charge >= 0.3 is 6.18 Å². The second-order valence-electron chi connectivity index (χ2n) is 7.43. The van der Waals surface area contributed by atoms with Crippen molar-refractivity contribution in [1.29, 1.82) is 0 Å². The van der Waals surface area contributed by atoms with E-state index in [1.54, 1.807) is 35.1 Å². The van der Waals surface area contributed by atoms with E-state index in [0.29, 0.717) is 17.8 Å². The molecule has 176 valence electrons. The van der Waals surface area contributed by atoms with E-state index in [0.717, 1.165) is 11.6 Å². The number of hydrogen-bond acceptors (Lipinski definition) is 6. The molecular formula is C23H18F3N3O4S. The lowest BCUT2D eigenvalue weighted by atomic mass is 10.0. The molecule has 0 saturated carbocycles. The first kappa shape index (κ1) is 23.4. The normalized spacial score (nSPS) is 12.1. The maximum absolute atomic E-state index is 12.9. The van der Waals surface area contributed by atoms with E-state index in [2.05, 4.69) is 14.7 Å². The number of fused-ring (bicyclic) bond motifs is 1. The summed E-state index contributed by atoms with van der Waals surface area (Å²) in [5.41, 5.74) is 1.20. The monoisotopic (exact) mass is 489 g/mol. The van der Waals surface area contributed by atoms with E-state index in [4.69, 9.17) is 0 Å². The summed E-state index contributed by atoms with van der Waals surface area (Å²) in [5, 5.41) is 0. The number of carbonyl (C=O) groups excluding carboxylic acids is 1. The number of rotatable bonds is 8. The summed E-state index contributed by atoms with van der Waals surface area (Å²) >= 11 is 0. The molecule has 0 amide bonds. The molecule has 0 atom stereocenters. The summed E-state index contributed by atoms with van der Waals surface area (Å²) < 4.78 is 69.2. The Morgan fingerprint density at radius 3 is 2.53 bits per heavy atom. The Kier molecular flexibility index (Phi) is 6.38. The minimum Gasteiger partial charge on any atom is -0.484 e. The lowest BCUT2D eigenvalue weighted by Gasteiger charge is -2.11. The first-order valence-corrected chi connectivity index (χ1v) is 11.6. The van der Waals surface area contributed by atoms with Gasteiger partial charge in [0, 0.05) is 31.2 Å². The van der Waals surface area contributed by atoms with Crippen LogP contribution in [-0.4, -0.2) is 41.4 Å². The predicted molar refractivity (Wildman–Crippen MR) is 116 cm³/mol. The van der Waals surface area contributed by atoms with Gasteiger partial charge in [0.25, 0.3) is 0 Å². The number of sulfone groups is 1. The van der Waals surface area contributed by atoms with Crippen molar-refractivity contribution >= 4 is 21.4 Å². The lowest BCUT2D eigenvalue weighted by molar-refractivity contribution is -0.153. The molecule has 0 radical (unpaired) electrons. The zero-order chi connectivity index (χ0) is 24.3. The van der Waals surface area contributed by atoms with Gasteiger partial charge in [-0.3, -0.25) is 9.20 Å². The van der Waals surface area contributed by atoms with Crippen molar-refractivity contribution in [2.45, 2.75) is 28.8 Å². The van der Waals surface area contributed by atoms with Crippen LogP contribution in [0.25, 0.3) is 5.78 Å². The fraction of sp³-hybridized carbons (Fsp3) is 0.174.